The van der Waals surface area contributed by atoms with E-state index in [2.05, 4.69) is 25.1 Å². The summed E-state index contributed by atoms with van der Waals surface area (Å²) in [6, 6.07) is 8.36. The van der Waals surface area contributed by atoms with Crippen molar-refractivity contribution in [3.8, 4) is 0 Å². The zero-order valence-electron chi connectivity index (χ0n) is 9.83. The fraction of sp³-hybridized carbons (Fsp3) is 0.538. The first-order valence-electron chi connectivity index (χ1n) is 5.41. The molecule has 0 aliphatic heterocycles. The summed E-state index contributed by atoms with van der Waals surface area (Å²) in [4.78, 5) is 0. The first-order valence-corrected chi connectivity index (χ1v) is 5.41. The second-order valence-electron chi connectivity index (χ2n) is 4.70. The number of rotatable bonds is 4. The van der Waals surface area contributed by atoms with Crippen LogP contribution >= 0.6 is 0 Å². The van der Waals surface area contributed by atoms with Crippen molar-refractivity contribution in [1.29, 1.82) is 0 Å². The van der Waals surface area contributed by atoms with Gasteiger partial charge in [0.05, 0.1) is 6.10 Å². The number of aliphatic hydroxyl groups excluding tert-OH is 1. The van der Waals surface area contributed by atoms with Gasteiger partial charge in [-0.25, -0.2) is 0 Å². The Bertz CT molecular complexity index is 322. The lowest BCUT2D eigenvalue weighted by atomic mass is 9.79. The molecule has 1 rings (SSSR count). The molecular formula is C13H21NO. The van der Waals surface area contributed by atoms with Crippen LogP contribution in [0.25, 0.3) is 0 Å². The molecule has 0 aromatic heterocycles. The first-order chi connectivity index (χ1) is 6.98. The van der Waals surface area contributed by atoms with E-state index in [4.69, 9.17) is 5.73 Å². The minimum absolute atomic E-state index is 0.228. The van der Waals surface area contributed by atoms with E-state index >= 15 is 0 Å². The van der Waals surface area contributed by atoms with E-state index < -0.39 is 0 Å². The lowest BCUT2D eigenvalue weighted by Crippen LogP contribution is -2.39. The number of hydrogen-bond donors (Lipinski definition) is 2. The third-order valence-electron chi connectivity index (χ3n) is 3.17. The zero-order valence-corrected chi connectivity index (χ0v) is 9.83. The van der Waals surface area contributed by atoms with E-state index in [1.54, 1.807) is 0 Å². The predicted octanol–water partition coefficient (Wildman–Crippen LogP) is 1.88. The number of hydrogen-bond acceptors (Lipinski definition) is 2. The van der Waals surface area contributed by atoms with Gasteiger partial charge < -0.3 is 10.8 Å². The van der Waals surface area contributed by atoms with Crippen molar-refractivity contribution in [3.05, 3.63) is 35.4 Å². The lowest BCUT2D eigenvalue weighted by molar-refractivity contribution is 0.0589. The highest BCUT2D eigenvalue weighted by atomic mass is 16.3. The van der Waals surface area contributed by atoms with Gasteiger partial charge in [-0.3, -0.25) is 0 Å². The molecule has 0 aliphatic carbocycles. The molecule has 2 nitrogen and oxygen atoms in total. The molecule has 0 spiro atoms. The average molecular weight is 207 g/mol. The van der Waals surface area contributed by atoms with Gasteiger partial charge in [0.2, 0.25) is 0 Å². The van der Waals surface area contributed by atoms with Gasteiger partial charge in [0.1, 0.15) is 0 Å². The summed E-state index contributed by atoms with van der Waals surface area (Å²) in [7, 11) is 0. The molecular weight excluding hydrogens is 186 g/mol. The Labute approximate surface area is 92.1 Å². The van der Waals surface area contributed by atoms with E-state index in [9.17, 15) is 5.11 Å². The van der Waals surface area contributed by atoms with Crippen LogP contribution in [0.15, 0.2) is 24.3 Å². The summed E-state index contributed by atoms with van der Waals surface area (Å²) >= 11 is 0. The summed E-state index contributed by atoms with van der Waals surface area (Å²) in [6.07, 6.45) is 0.436. The minimum Gasteiger partial charge on any atom is -0.393 e. The summed E-state index contributed by atoms with van der Waals surface area (Å²) in [6.45, 7) is 6.41. The molecule has 0 saturated heterocycles. The topological polar surface area (TPSA) is 46.2 Å². The zero-order chi connectivity index (χ0) is 11.5. The second kappa shape index (κ2) is 4.77. The SMILES string of the molecule is Cc1cccc(CC(C)(CN)C(C)O)c1. The molecule has 2 heteroatoms. The number of aliphatic hydroxyl groups is 1. The Balaban J connectivity index is 2.84. The first kappa shape index (κ1) is 12.2. The Kier molecular flexibility index (Phi) is 3.89. The van der Waals surface area contributed by atoms with Crippen LogP contribution in [0.5, 0.6) is 0 Å². The third kappa shape index (κ3) is 3.05. The summed E-state index contributed by atoms with van der Waals surface area (Å²) < 4.78 is 0. The van der Waals surface area contributed by atoms with E-state index in [-0.39, 0.29) is 11.5 Å². The van der Waals surface area contributed by atoms with Gasteiger partial charge in [-0.15, -0.1) is 0 Å². The van der Waals surface area contributed by atoms with Crippen molar-refractivity contribution in [1.82, 2.24) is 0 Å². The maximum absolute atomic E-state index is 9.72. The normalized spacial score (nSPS) is 17.1. The fourth-order valence-corrected chi connectivity index (χ4v) is 1.68. The Morgan fingerprint density at radius 1 is 1.47 bits per heavy atom. The van der Waals surface area contributed by atoms with Gasteiger partial charge in [0, 0.05) is 12.0 Å². The highest BCUT2D eigenvalue weighted by Gasteiger charge is 2.28. The van der Waals surface area contributed by atoms with Crippen molar-refractivity contribution >= 4 is 0 Å². The van der Waals surface area contributed by atoms with E-state index in [0.29, 0.717) is 6.54 Å². The van der Waals surface area contributed by atoms with Crippen molar-refractivity contribution in [3.63, 3.8) is 0 Å². The molecule has 2 unspecified atom stereocenters. The smallest absolute Gasteiger partial charge is 0.0580 e. The van der Waals surface area contributed by atoms with Crippen molar-refractivity contribution < 1.29 is 5.11 Å². The molecule has 0 fully saturated rings. The maximum Gasteiger partial charge on any atom is 0.0580 e. The molecule has 0 bridgehead atoms. The average Bonchev–Trinajstić information content (AvgIpc) is 2.17. The molecule has 0 saturated carbocycles. The standard InChI is InChI=1S/C13H21NO/c1-10-5-4-6-12(7-10)8-13(3,9-14)11(2)15/h4-7,11,15H,8-9,14H2,1-3H3. The second-order valence-corrected chi connectivity index (χ2v) is 4.70. The highest BCUT2D eigenvalue weighted by Crippen LogP contribution is 2.25. The van der Waals surface area contributed by atoms with E-state index in [1.165, 1.54) is 11.1 Å². The van der Waals surface area contributed by atoms with Gasteiger partial charge >= 0.3 is 0 Å². The van der Waals surface area contributed by atoms with Crippen molar-refractivity contribution in [2.75, 3.05) is 6.54 Å². The van der Waals surface area contributed by atoms with Crippen LogP contribution in [0, 0.1) is 12.3 Å². The molecule has 0 heterocycles. The van der Waals surface area contributed by atoms with Crippen molar-refractivity contribution in [2.45, 2.75) is 33.3 Å². The van der Waals surface area contributed by atoms with Gasteiger partial charge in [0.25, 0.3) is 0 Å². The number of nitrogens with two attached hydrogens (primary N) is 1. The molecule has 1 aromatic rings. The number of aryl methyl sites for hydroxylation is 1. The van der Waals surface area contributed by atoms with Crippen LogP contribution in [0.2, 0.25) is 0 Å². The molecule has 15 heavy (non-hydrogen) atoms. The Morgan fingerprint density at radius 3 is 2.60 bits per heavy atom. The quantitative estimate of drug-likeness (QED) is 0.792. The lowest BCUT2D eigenvalue weighted by Gasteiger charge is -2.31. The Morgan fingerprint density at radius 2 is 2.13 bits per heavy atom. The molecule has 84 valence electrons. The van der Waals surface area contributed by atoms with Crippen LogP contribution in [0.3, 0.4) is 0 Å². The summed E-state index contributed by atoms with van der Waals surface area (Å²) in [5.74, 6) is 0. The monoisotopic (exact) mass is 207 g/mol. The molecule has 1 aromatic carbocycles. The molecule has 0 aliphatic rings. The fourth-order valence-electron chi connectivity index (χ4n) is 1.68. The van der Waals surface area contributed by atoms with Crippen LogP contribution < -0.4 is 5.73 Å². The van der Waals surface area contributed by atoms with Crippen molar-refractivity contribution in [2.24, 2.45) is 11.1 Å². The van der Waals surface area contributed by atoms with Gasteiger partial charge in [-0.05, 0) is 25.8 Å². The molecule has 2 atom stereocenters. The van der Waals surface area contributed by atoms with E-state index in [1.807, 2.05) is 19.9 Å². The number of benzene rings is 1. The van der Waals surface area contributed by atoms with Crippen LogP contribution in [0.4, 0.5) is 0 Å². The molecule has 0 amide bonds. The van der Waals surface area contributed by atoms with Gasteiger partial charge in [-0.2, -0.15) is 0 Å². The highest BCUT2D eigenvalue weighted by molar-refractivity contribution is 5.23. The molecule has 0 radical (unpaired) electrons. The Hall–Kier alpha value is -0.860. The predicted molar refractivity (Wildman–Crippen MR) is 63.7 cm³/mol. The van der Waals surface area contributed by atoms with E-state index in [0.717, 1.165) is 6.42 Å². The van der Waals surface area contributed by atoms with Gasteiger partial charge in [0.15, 0.2) is 0 Å². The third-order valence-corrected chi connectivity index (χ3v) is 3.17. The van der Waals surface area contributed by atoms with Crippen LogP contribution in [-0.2, 0) is 6.42 Å². The molecule has 3 N–H and O–H groups in total. The van der Waals surface area contributed by atoms with Crippen LogP contribution in [-0.4, -0.2) is 17.8 Å². The summed E-state index contributed by atoms with van der Waals surface area (Å²) in [5, 5.41) is 9.72. The minimum atomic E-state index is -0.386. The van der Waals surface area contributed by atoms with Gasteiger partial charge in [-0.1, -0.05) is 36.8 Å². The van der Waals surface area contributed by atoms with Crippen LogP contribution in [0.1, 0.15) is 25.0 Å². The maximum atomic E-state index is 9.72. The largest absolute Gasteiger partial charge is 0.393 e. The summed E-state index contributed by atoms with van der Waals surface area (Å²) in [5.41, 5.74) is 7.99.